The molecule has 0 amide bonds. The molecule has 1 aliphatic rings. The average molecular weight is 223 g/mol. The monoisotopic (exact) mass is 223 g/mol. The second-order valence-electron chi connectivity index (χ2n) is 4.42. The summed E-state index contributed by atoms with van der Waals surface area (Å²) in [5, 5.41) is 11.7. The first kappa shape index (κ1) is 11.1. The number of benzene rings is 1. The summed E-state index contributed by atoms with van der Waals surface area (Å²) >= 11 is 0. The molecule has 1 atom stereocenters. The number of hydrogen-bond acceptors (Lipinski definition) is 2. The van der Waals surface area contributed by atoms with E-state index in [-0.39, 0.29) is 0 Å². The van der Waals surface area contributed by atoms with Crippen LogP contribution in [0, 0.1) is 0 Å². The van der Waals surface area contributed by atoms with Gasteiger partial charge in [-0.3, -0.25) is 0 Å². The summed E-state index contributed by atoms with van der Waals surface area (Å²) in [5.41, 5.74) is 0.452. The first-order valence-corrected chi connectivity index (χ1v) is 5.95. The molecule has 1 N–H and O–H groups in total. The summed E-state index contributed by atoms with van der Waals surface area (Å²) in [6, 6.07) is 8.08. The van der Waals surface area contributed by atoms with E-state index in [1.165, 1.54) is 0 Å². The van der Waals surface area contributed by atoms with E-state index in [1.807, 2.05) is 24.3 Å². The lowest BCUT2D eigenvalue weighted by Gasteiger charge is -2.37. The second-order valence-corrected chi connectivity index (χ2v) is 5.04. The Bertz CT molecular complexity index is 345. The lowest BCUT2D eigenvalue weighted by molar-refractivity contribution is -0.0194. The summed E-state index contributed by atoms with van der Waals surface area (Å²) in [4.78, 5) is 2.26. The summed E-state index contributed by atoms with van der Waals surface area (Å²) < 4.78 is 0. The Morgan fingerprint density at radius 2 is 1.87 bits per heavy atom. The van der Waals surface area contributed by atoms with E-state index in [2.05, 4.69) is 21.2 Å². The van der Waals surface area contributed by atoms with Crippen molar-refractivity contribution in [3.05, 3.63) is 29.8 Å². The van der Waals surface area contributed by atoms with Gasteiger partial charge in [-0.1, -0.05) is 24.3 Å². The second kappa shape index (κ2) is 4.21. The number of hydrogen-bond donors (Lipinski definition) is 1. The van der Waals surface area contributed by atoms with Crippen LogP contribution in [0.4, 0.5) is 0 Å². The highest BCUT2D eigenvalue weighted by Crippen LogP contribution is 2.31. The van der Waals surface area contributed by atoms with Gasteiger partial charge in [-0.2, -0.15) is 0 Å². The van der Waals surface area contributed by atoms with Gasteiger partial charge in [0, 0.05) is 13.1 Å². The number of nitrogens with zero attached hydrogens (tertiary/aromatic N) is 1. The molecule has 1 aromatic carbocycles. The van der Waals surface area contributed by atoms with Crippen LogP contribution >= 0.6 is 9.24 Å². The van der Waals surface area contributed by atoms with Crippen LogP contribution in [0.25, 0.3) is 0 Å². The number of aliphatic hydroxyl groups is 1. The molecule has 0 bridgehead atoms. The standard InChI is InChI=1S/C12H18NOP/c1-13-8-6-12(14,7-9-13)10-4-2-3-5-11(10)15/h2-5,14H,6-9,15H2,1H3. The van der Waals surface area contributed by atoms with E-state index in [0.717, 1.165) is 36.8 Å². The van der Waals surface area contributed by atoms with E-state index < -0.39 is 5.60 Å². The molecule has 15 heavy (non-hydrogen) atoms. The molecule has 1 aromatic rings. The van der Waals surface area contributed by atoms with Gasteiger partial charge in [0.05, 0.1) is 5.60 Å². The molecule has 1 aliphatic heterocycles. The summed E-state index contributed by atoms with van der Waals surface area (Å²) in [5.74, 6) is 0. The highest BCUT2D eigenvalue weighted by Gasteiger charge is 2.33. The highest BCUT2D eigenvalue weighted by molar-refractivity contribution is 7.27. The van der Waals surface area contributed by atoms with Gasteiger partial charge in [-0.15, -0.1) is 9.24 Å². The van der Waals surface area contributed by atoms with Crippen molar-refractivity contribution in [2.45, 2.75) is 18.4 Å². The Hall–Kier alpha value is -0.430. The fourth-order valence-electron chi connectivity index (χ4n) is 2.18. The van der Waals surface area contributed by atoms with Crippen LogP contribution in [-0.4, -0.2) is 30.1 Å². The van der Waals surface area contributed by atoms with Gasteiger partial charge in [-0.25, -0.2) is 0 Å². The van der Waals surface area contributed by atoms with Crippen molar-refractivity contribution >= 4 is 14.5 Å². The van der Waals surface area contributed by atoms with Gasteiger partial charge in [0.2, 0.25) is 0 Å². The molecule has 0 radical (unpaired) electrons. The van der Waals surface area contributed by atoms with E-state index in [9.17, 15) is 5.11 Å². The van der Waals surface area contributed by atoms with Crippen LogP contribution < -0.4 is 5.30 Å². The van der Waals surface area contributed by atoms with Crippen molar-refractivity contribution in [1.29, 1.82) is 0 Å². The van der Waals surface area contributed by atoms with Crippen LogP contribution in [-0.2, 0) is 5.60 Å². The lowest BCUT2D eigenvalue weighted by Crippen LogP contribution is -2.42. The first-order chi connectivity index (χ1) is 7.12. The summed E-state index contributed by atoms with van der Waals surface area (Å²) in [6.07, 6.45) is 1.66. The smallest absolute Gasteiger partial charge is 0.0926 e. The van der Waals surface area contributed by atoms with E-state index in [4.69, 9.17) is 0 Å². The Morgan fingerprint density at radius 1 is 1.27 bits per heavy atom. The molecule has 0 aromatic heterocycles. The highest BCUT2D eigenvalue weighted by atomic mass is 31.0. The minimum absolute atomic E-state index is 0.620. The zero-order chi connectivity index (χ0) is 10.9. The van der Waals surface area contributed by atoms with Crippen LogP contribution in [0.2, 0.25) is 0 Å². The third kappa shape index (κ3) is 2.23. The normalized spacial score (nSPS) is 21.5. The molecule has 0 aliphatic carbocycles. The molecule has 1 heterocycles. The Morgan fingerprint density at radius 3 is 2.47 bits per heavy atom. The molecular weight excluding hydrogens is 205 g/mol. The molecule has 82 valence electrons. The van der Waals surface area contributed by atoms with Gasteiger partial charge in [-0.05, 0) is 30.8 Å². The van der Waals surface area contributed by atoms with Crippen LogP contribution in [0.15, 0.2) is 24.3 Å². The lowest BCUT2D eigenvalue weighted by atomic mass is 9.84. The van der Waals surface area contributed by atoms with Crippen molar-refractivity contribution in [1.82, 2.24) is 4.90 Å². The molecule has 2 rings (SSSR count). The van der Waals surface area contributed by atoms with Gasteiger partial charge in [0.1, 0.15) is 0 Å². The van der Waals surface area contributed by atoms with Crippen LogP contribution in [0.3, 0.4) is 0 Å². The van der Waals surface area contributed by atoms with Crippen molar-refractivity contribution in [2.24, 2.45) is 0 Å². The van der Waals surface area contributed by atoms with Gasteiger partial charge >= 0.3 is 0 Å². The first-order valence-electron chi connectivity index (χ1n) is 5.38. The van der Waals surface area contributed by atoms with Gasteiger partial charge in [0.15, 0.2) is 0 Å². The molecule has 3 heteroatoms. The zero-order valence-corrected chi connectivity index (χ0v) is 10.3. The molecule has 1 fully saturated rings. The molecule has 0 spiro atoms. The third-order valence-corrected chi connectivity index (χ3v) is 3.78. The Balaban J connectivity index is 2.26. The van der Waals surface area contributed by atoms with Crippen LogP contribution in [0.5, 0.6) is 0 Å². The minimum atomic E-state index is -0.620. The molecule has 1 saturated heterocycles. The van der Waals surface area contributed by atoms with E-state index in [1.54, 1.807) is 0 Å². The SMILES string of the molecule is CN1CCC(O)(c2ccccc2P)CC1. The van der Waals surface area contributed by atoms with Crippen molar-refractivity contribution in [3.8, 4) is 0 Å². The molecule has 1 unspecified atom stereocenters. The maximum atomic E-state index is 10.6. The Kier molecular flexibility index (Phi) is 3.11. The van der Waals surface area contributed by atoms with E-state index >= 15 is 0 Å². The fourth-order valence-corrected chi connectivity index (χ4v) is 2.65. The number of likely N-dealkylation sites (tertiary alicyclic amines) is 1. The number of rotatable bonds is 1. The largest absolute Gasteiger partial charge is 0.385 e. The van der Waals surface area contributed by atoms with Gasteiger partial charge in [0.25, 0.3) is 0 Å². The average Bonchev–Trinajstić information content (AvgIpc) is 2.23. The minimum Gasteiger partial charge on any atom is -0.385 e. The topological polar surface area (TPSA) is 23.5 Å². The quantitative estimate of drug-likeness (QED) is 0.721. The maximum Gasteiger partial charge on any atom is 0.0926 e. The zero-order valence-electron chi connectivity index (χ0n) is 9.11. The molecule has 2 nitrogen and oxygen atoms in total. The van der Waals surface area contributed by atoms with Crippen molar-refractivity contribution < 1.29 is 5.11 Å². The van der Waals surface area contributed by atoms with Gasteiger partial charge < -0.3 is 10.0 Å². The van der Waals surface area contributed by atoms with Crippen molar-refractivity contribution in [3.63, 3.8) is 0 Å². The molecular formula is C12H18NOP. The van der Waals surface area contributed by atoms with E-state index in [0.29, 0.717) is 0 Å². The maximum absolute atomic E-state index is 10.6. The number of piperidine rings is 1. The summed E-state index contributed by atoms with van der Waals surface area (Å²) in [7, 11) is 4.82. The summed E-state index contributed by atoms with van der Waals surface area (Å²) in [6.45, 7) is 1.94. The fraction of sp³-hybridized carbons (Fsp3) is 0.500. The Labute approximate surface area is 93.5 Å². The van der Waals surface area contributed by atoms with Crippen molar-refractivity contribution in [2.75, 3.05) is 20.1 Å². The third-order valence-electron chi connectivity index (χ3n) is 3.28. The van der Waals surface area contributed by atoms with Crippen LogP contribution in [0.1, 0.15) is 18.4 Å². The predicted octanol–water partition coefficient (Wildman–Crippen LogP) is 1.10. The predicted molar refractivity (Wildman–Crippen MR) is 66.4 cm³/mol. The molecule has 0 saturated carbocycles.